The highest BCUT2D eigenvalue weighted by atomic mass is 16.5. The van der Waals surface area contributed by atoms with Crippen molar-refractivity contribution in [2.75, 3.05) is 13.1 Å². The molecule has 0 saturated carbocycles. The number of piperidine rings is 1. The Balaban J connectivity index is 0.000000921. The monoisotopic (exact) mass is 209 g/mol. The minimum absolute atomic E-state index is 0.338. The topological polar surface area (TPSA) is 21.3 Å². The molecule has 2 nitrogen and oxygen atoms in total. The third-order valence-corrected chi connectivity index (χ3v) is 2.07. The summed E-state index contributed by atoms with van der Waals surface area (Å²) >= 11 is 0. The smallest absolute Gasteiger partial charge is 0.119 e. The van der Waals surface area contributed by atoms with Crippen LogP contribution in [0, 0.1) is 0 Å². The molecule has 0 bridgehead atoms. The molecule has 1 fully saturated rings. The number of allylic oxidation sites excluding steroid dienone is 3. The first-order chi connectivity index (χ1) is 7.36. The average Bonchev–Trinajstić information content (AvgIpc) is 2.32. The Labute approximate surface area is 93.7 Å². The van der Waals surface area contributed by atoms with E-state index in [0.29, 0.717) is 6.10 Å². The van der Waals surface area contributed by atoms with Crippen LogP contribution >= 0.6 is 0 Å². The van der Waals surface area contributed by atoms with Gasteiger partial charge in [-0.1, -0.05) is 33.1 Å². The molecule has 15 heavy (non-hydrogen) atoms. The summed E-state index contributed by atoms with van der Waals surface area (Å²) in [4.78, 5) is 0. The van der Waals surface area contributed by atoms with E-state index in [9.17, 15) is 0 Å². The summed E-state index contributed by atoms with van der Waals surface area (Å²) in [6, 6.07) is 0. The molecule has 1 aliphatic heterocycles. The molecule has 1 aliphatic rings. The van der Waals surface area contributed by atoms with Gasteiger partial charge in [0.1, 0.15) is 11.9 Å². The minimum atomic E-state index is 0.338. The summed E-state index contributed by atoms with van der Waals surface area (Å²) in [5.74, 6) is 0.821. The molecule has 86 valence electrons. The van der Waals surface area contributed by atoms with Crippen LogP contribution in [-0.2, 0) is 4.74 Å². The maximum absolute atomic E-state index is 5.71. The van der Waals surface area contributed by atoms with Crippen molar-refractivity contribution in [3.8, 4) is 0 Å². The first-order valence-corrected chi connectivity index (χ1v) is 5.69. The molecular formula is C13H23NO. The Kier molecular flexibility index (Phi) is 8.88. The van der Waals surface area contributed by atoms with Gasteiger partial charge in [0.25, 0.3) is 0 Å². The highest BCUT2D eigenvalue weighted by molar-refractivity contribution is 5.15. The van der Waals surface area contributed by atoms with Gasteiger partial charge in [0.15, 0.2) is 0 Å². The number of nitrogens with one attached hydrogen (secondary N) is 1. The Morgan fingerprint density at radius 2 is 1.87 bits per heavy atom. The molecule has 0 aromatic heterocycles. The molecule has 0 aromatic carbocycles. The summed E-state index contributed by atoms with van der Waals surface area (Å²) in [6.07, 6.45) is 7.77. The highest BCUT2D eigenvalue weighted by Crippen LogP contribution is 2.12. The van der Waals surface area contributed by atoms with Crippen LogP contribution in [-0.4, -0.2) is 19.2 Å². The molecule has 0 atom stereocenters. The van der Waals surface area contributed by atoms with Gasteiger partial charge in [-0.25, -0.2) is 0 Å². The molecule has 2 heteroatoms. The largest absolute Gasteiger partial charge is 0.490 e. The Morgan fingerprint density at radius 1 is 1.27 bits per heavy atom. The normalized spacial score (nSPS) is 17.3. The second kappa shape index (κ2) is 9.53. The quantitative estimate of drug-likeness (QED) is 0.567. The fourth-order valence-electron chi connectivity index (χ4n) is 1.38. The van der Waals surface area contributed by atoms with E-state index in [1.165, 1.54) is 0 Å². The molecule has 1 N–H and O–H groups in total. The van der Waals surface area contributed by atoms with Gasteiger partial charge in [-0.15, -0.1) is 0 Å². The number of hydrogen-bond donors (Lipinski definition) is 1. The third-order valence-electron chi connectivity index (χ3n) is 2.07. The van der Waals surface area contributed by atoms with E-state index in [1.54, 1.807) is 12.2 Å². The lowest BCUT2D eigenvalue weighted by Crippen LogP contribution is -2.32. The lowest BCUT2D eigenvalue weighted by molar-refractivity contribution is 0.0961. The molecule has 0 radical (unpaired) electrons. The van der Waals surface area contributed by atoms with Crippen LogP contribution in [0.25, 0.3) is 0 Å². The van der Waals surface area contributed by atoms with Crippen molar-refractivity contribution in [1.82, 2.24) is 5.32 Å². The van der Waals surface area contributed by atoms with E-state index in [0.717, 1.165) is 31.7 Å². The first kappa shape index (κ1) is 14.0. The van der Waals surface area contributed by atoms with Crippen LogP contribution in [0.15, 0.2) is 37.1 Å². The molecule has 0 unspecified atom stereocenters. The summed E-state index contributed by atoms with van der Waals surface area (Å²) in [6.45, 7) is 13.4. The van der Waals surface area contributed by atoms with Crippen LogP contribution in [0.3, 0.4) is 0 Å². The molecule has 1 heterocycles. The average molecular weight is 209 g/mol. The van der Waals surface area contributed by atoms with Gasteiger partial charge < -0.3 is 10.1 Å². The van der Waals surface area contributed by atoms with E-state index in [2.05, 4.69) is 18.5 Å². The van der Waals surface area contributed by atoms with Crippen LogP contribution in [0.1, 0.15) is 26.7 Å². The van der Waals surface area contributed by atoms with Crippen molar-refractivity contribution in [2.45, 2.75) is 32.8 Å². The van der Waals surface area contributed by atoms with Crippen molar-refractivity contribution < 1.29 is 4.74 Å². The zero-order chi connectivity index (χ0) is 11.5. The van der Waals surface area contributed by atoms with Crippen molar-refractivity contribution in [1.29, 1.82) is 0 Å². The molecular weight excluding hydrogens is 186 g/mol. The molecule has 1 saturated heterocycles. The summed E-state index contributed by atoms with van der Waals surface area (Å²) in [7, 11) is 0. The number of rotatable bonds is 4. The SMILES string of the molecule is C=C/C=C(\C=C)OC1CCNCC1.CC. The Morgan fingerprint density at radius 3 is 2.33 bits per heavy atom. The third kappa shape index (κ3) is 6.13. The van der Waals surface area contributed by atoms with Gasteiger partial charge >= 0.3 is 0 Å². The van der Waals surface area contributed by atoms with Crippen molar-refractivity contribution >= 4 is 0 Å². The Hall–Kier alpha value is -1.02. The van der Waals surface area contributed by atoms with Crippen LogP contribution in [0.5, 0.6) is 0 Å². The zero-order valence-electron chi connectivity index (χ0n) is 9.96. The second-order valence-corrected chi connectivity index (χ2v) is 3.08. The van der Waals surface area contributed by atoms with E-state index < -0.39 is 0 Å². The maximum Gasteiger partial charge on any atom is 0.119 e. The van der Waals surface area contributed by atoms with Crippen LogP contribution < -0.4 is 5.32 Å². The summed E-state index contributed by atoms with van der Waals surface area (Å²) in [5, 5.41) is 3.29. The standard InChI is InChI=1S/C11H17NO.C2H6/c1-3-5-10(4-2)13-11-6-8-12-9-7-11;1-2/h3-5,11-12H,1-2,6-9H2;1-2H3/b10-5+;. The van der Waals surface area contributed by atoms with Crippen molar-refractivity contribution in [2.24, 2.45) is 0 Å². The predicted molar refractivity (Wildman–Crippen MR) is 66.8 cm³/mol. The highest BCUT2D eigenvalue weighted by Gasteiger charge is 2.13. The lowest BCUT2D eigenvalue weighted by atomic mass is 10.1. The predicted octanol–water partition coefficient (Wildman–Crippen LogP) is 3.04. The van der Waals surface area contributed by atoms with Crippen molar-refractivity contribution in [3.05, 3.63) is 37.1 Å². The van der Waals surface area contributed by atoms with Gasteiger partial charge in [0, 0.05) is 0 Å². The fraction of sp³-hybridized carbons (Fsp3) is 0.538. The molecule has 0 aromatic rings. The van der Waals surface area contributed by atoms with Crippen LogP contribution in [0.4, 0.5) is 0 Å². The van der Waals surface area contributed by atoms with E-state index in [1.807, 2.05) is 19.9 Å². The number of ether oxygens (including phenoxy) is 1. The molecule has 0 amide bonds. The second-order valence-electron chi connectivity index (χ2n) is 3.08. The molecule has 0 spiro atoms. The van der Waals surface area contributed by atoms with E-state index >= 15 is 0 Å². The van der Waals surface area contributed by atoms with Gasteiger partial charge in [0.2, 0.25) is 0 Å². The molecule has 1 rings (SSSR count). The maximum atomic E-state index is 5.71. The van der Waals surface area contributed by atoms with Gasteiger partial charge in [-0.05, 0) is 38.1 Å². The Bertz CT molecular complexity index is 203. The van der Waals surface area contributed by atoms with Gasteiger partial charge in [0.05, 0.1) is 0 Å². The van der Waals surface area contributed by atoms with Gasteiger partial charge in [-0.2, -0.15) is 0 Å². The first-order valence-electron chi connectivity index (χ1n) is 5.69. The van der Waals surface area contributed by atoms with Crippen LogP contribution in [0.2, 0.25) is 0 Å². The summed E-state index contributed by atoms with van der Waals surface area (Å²) in [5.41, 5.74) is 0. The van der Waals surface area contributed by atoms with Crippen molar-refractivity contribution in [3.63, 3.8) is 0 Å². The molecule has 0 aliphatic carbocycles. The van der Waals surface area contributed by atoms with Gasteiger partial charge in [-0.3, -0.25) is 0 Å². The van der Waals surface area contributed by atoms with E-state index in [4.69, 9.17) is 4.74 Å². The number of hydrogen-bond acceptors (Lipinski definition) is 2. The minimum Gasteiger partial charge on any atom is -0.490 e. The zero-order valence-corrected chi connectivity index (χ0v) is 9.96. The van der Waals surface area contributed by atoms with E-state index in [-0.39, 0.29) is 0 Å². The fourth-order valence-corrected chi connectivity index (χ4v) is 1.38. The lowest BCUT2D eigenvalue weighted by Gasteiger charge is -2.24. The summed E-state index contributed by atoms with van der Waals surface area (Å²) < 4.78 is 5.71.